The van der Waals surface area contributed by atoms with Crippen LogP contribution in [0, 0.1) is 0 Å². The van der Waals surface area contributed by atoms with Crippen molar-refractivity contribution in [1.82, 2.24) is 0 Å². The number of carbonyl (C=O) groups excluding carboxylic acids is 1. The van der Waals surface area contributed by atoms with Crippen molar-refractivity contribution in [1.29, 1.82) is 0 Å². The van der Waals surface area contributed by atoms with Crippen molar-refractivity contribution in [3.63, 3.8) is 0 Å². The summed E-state index contributed by atoms with van der Waals surface area (Å²) in [4.78, 5) is 14.0. The Bertz CT molecular complexity index is 533. The van der Waals surface area contributed by atoms with E-state index in [2.05, 4.69) is 65.1 Å². The molecule has 1 amide bonds. The van der Waals surface area contributed by atoms with Crippen LogP contribution in [-0.4, -0.2) is 37.7 Å². The molecule has 1 aromatic carbocycles. The summed E-state index contributed by atoms with van der Waals surface area (Å²) in [5, 5.41) is 3.22. The van der Waals surface area contributed by atoms with Crippen molar-refractivity contribution in [2.45, 2.75) is 65.6 Å². The van der Waals surface area contributed by atoms with E-state index in [9.17, 15) is 4.79 Å². The fourth-order valence-electron chi connectivity index (χ4n) is 3.64. The molecule has 0 unspecified atom stereocenters. The minimum atomic E-state index is 0.0984. The van der Waals surface area contributed by atoms with E-state index in [-0.39, 0.29) is 18.1 Å². The van der Waals surface area contributed by atoms with E-state index in [0.717, 1.165) is 18.8 Å². The van der Waals surface area contributed by atoms with Gasteiger partial charge in [0.05, 0.1) is 0 Å². The van der Waals surface area contributed by atoms with Crippen LogP contribution in [0.3, 0.4) is 0 Å². The lowest BCUT2D eigenvalue weighted by molar-refractivity contribution is -0.907. The minimum Gasteiger partial charge on any atom is -0.364 e. The normalized spacial score (nSPS) is 24.4. The molecular formula is C20H33N2O2+. The molecule has 0 saturated carbocycles. The van der Waals surface area contributed by atoms with Gasteiger partial charge in [-0.2, -0.15) is 0 Å². The summed E-state index contributed by atoms with van der Waals surface area (Å²) in [6.07, 6.45) is 0.427. The van der Waals surface area contributed by atoms with Gasteiger partial charge in [0.25, 0.3) is 5.91 Å². The van der Waals surface area contributed by atoms with E-state index in [0.29, 0.717) is 18.4 Å². The van der Waals surface area contributed by atoms with Gasteiger partial charge < -0.3 is 15.0 Å². The van der Waals surface area contributed by atoms with E-state index in [1.807, 2.05) is 0 Å². The summed E-state index contributed by atoms with van der Waals surface area (Å²) in [5.41, 5.74) is 3.45. The average Bonchev–Trinajstić information content (AvgIpc) is 2.45. The summed E-state index contributed by atoms with van der Waals surface area (Å²) in [6, 6.07) is 6.34. The first-order valence-electron chi connectivity index (χ1n) is 9.19. The van der Waals surface area contributed by atoms with Crippen LogP contribution >= 0.6 is 0 Å². The van der Waals surface area contributed by atoms with Gasteiger partial charge in [-0.05, 0) is 36.8 Å². The largest absolute Gasteiger partial charge is 0.364 e. The van der Waals surface area contributed by atoms with Gasteiger partial charge in [0.15, 0.2) is 6.54 Å². The van der Waals surface area contributed by atoms with Crippen molar-refractivity contribution in [3.05, 3.63) is 29.3 Å². The smallest absolute Gasteiger partial charge is 0.279 e. The molecule has 1 aliphatic heterocycles. The van der Waals surface area contributed by atoms with Crippen LogP contribution in [0.15, 0.2) is 18.2 Å². The SMILES string of the molecule is CC(C)c1cccc(C(C)C)c1NC(=O)C[NH+]1C[C@H](C)O[C@@H](C)C1. The van der Waals surface area contributed by atoms with Gasteiger partial charge in [-0.3, -0.25) is 4.79 Å². The summed E-state index contributed by atoms with van der Waals surface area (Å²) in [6.45, 7) is 15.1. The van der Waals surface area contributed by atoms with E-state index in [1.54, 1.807) is 0 Å². The highest BCUT2D eigenvalue weighted by Crippen LogP contribution is 2.32. The molecule has 1 aliphatic rings. The number of anilines is 1. The number of morpholine rings is 1. The molecular weight excluding hydrogens is 300 g/mol. The predicted molar refractivity (Wildman–Crippen MR) is 98.8 cm³/mol. The Balaban J connectivity index is 2.13. The van der Waals surface area contributed by atoms with Gasteiger partial charge in [0.2, 0.25) is 0 Å². The fourth-order valence-corrected chi connectivity index (χ4v) is 3.64. The third-order valence-corrected chi connectivity index (χ3v) is 4.66. The maximum Gasteiger partial charge on any atom is 0.279 e. The molecule has 1 fully saturated rings. The first-order valence-corrected chi connectivity index (χ1v) is 9.19. The number of benzene rings is 1. The van der Waals surface area contributed by atoms with E-state index >= 15 is 0 Å². The molecule has 2 rings (SSSR count). The monoisotopic (exact) mass is 333 g/mol. The lowest BCUT2D eigenvalue weighted by atomic mass is 9.92. The van der Waals surface area contributed by atoms with Gasteiger partial charge in [0.1, 0.15) is 25.3 Å². The molecule has 0 aliphatic carbocycles. The Morgan fingerprint density at radius 1 is 1.12 bits per heavy atom. The van der Waals surface area contributed by atoms with Crippen molar-refractivity contribution >= 4 is 11.6 Å². The Morgan fingerprint density at radius 3 is 2.08 bits per heavy atom. The topological polar surface area (TPSA) is 42.8 Å². The van der Waals surface area contributed by atoms with E-state index < -0.39 is 0 Å². The first kappa shape index (κ1) is 18.9. The maximum atomic E-state index is 12.7. The number of quaternary nitrogens is 1. The van der Waals surface area contributed by atoms with Crippen molar-refractivity contribution in [2.24, 2.45) is 0 Å². The molecule has 1 saturated heterocycles. The number of nitrogens with one attached hydrogen (secondary N) is 2. The summed E-state index contributed by atoms with van der Waals surface area (Å²) in [7, 11) is 0. The van der Waals surface area contributed by atoms with Crippen LogP contribution in [0.1, 0.15) is 64.5 Å². The third kappa shape index (κ3) is 4.81. The zero-order valence-corrected chi connectivity index (χ0v) is 16.0. The zero-order chi connectivity index (χ0) is 17.9. The third-order valence-electron chi connectivity index (χ3n) is 4.66. The molecule has 2 N–H and O–H groups in total. The Kier molecular flexibility index (Phi) is 6.41. The van der Waals surface area contributed by atoms with Gasteiger partial charge in [-0.1, -0.05) is 45.9 Å². The fraction of sp³-hybridized carbons (Fsp3) is 0.650. The molecule has 4 heteroatoms. The lowest BCUT2D eigenvalue weighted by Gasteiger charge is -2.32. The molecule has 134 valence electrons. The standard InChI is InChI=1S/C20H32N2O2/c1-13(2)17-8-7-9-18(14(3)4)20(17)21-19(23)12-22-10-15(5)24-16(6)11-22/h7-9,13-16H,10-12H2,1-6H3,(H,21,23)/p+1/t15-,16-/m0/s1. The highest BCUT2D eigenvalue weighted by atomic mass is 16.5. The molecule has 24 heavy (non-hydrogen) atoms. The Hall–Kier alpha value is -1.39. The van der Waals surface area contributed by atoms with Crippen LogP contribution in [0.2, 0.25) is 0 Å². The van der Waals surface area contributed by atoms with Gasteiger partial charge in [0, 0.05) is 5.69 Å². The maximum absolute atomic E-state index is 12.7. The van der Waals surface area contributed by atoms with Crippen LogP contribution in [-0.2, 0) is 9.53 Å². The summed E-state index contributed by atoms with van der Waals surface area (Å²) >= 11 is 0. The van der Waals surface area contributed by atoms with Crippen LogP contribution in [0.25, 0.3) is 0 Å². The molecule has 1 heterocycles. The van der Waals surface area contributed by atoms with Crippen LogP contribution in [0.4, 0.5) is 5.69 Å². The van der Waals surface area contributed by atoms with Crippen molar-refractivity contribution in [3.8, 4) is 0 Å². The van der Waals surface area contributed by atoms with Crippen LogP contribution in [0.5, 0.6) is 0 Å². The molecule has 2 atom stereocenters. The second kappa shape index (κ2) is 8.13. The second-order valence-corrected chi connectivity index (χ2v) is 7.76. The van der Waals surface area contributed by atoms with Gasteiger partial charge in [-0.25, -0.2) is 0 Å². The quantitative estimate of drug-likeness (QED) is 0.870. The van der Waals surface area contributed by atoms with Crippen LogP contribution < -0.4 is 10.2 Å². The Labute approximate surface area is 146 Å². The summed E-state index contributed by atoms with van der Waals surface area (Å²) < 4.78 is 5.76. The summed E-state index contributed by atoms with van der Waals surface area (Å²) in [5.74, 6) is 0.867. The number of rotatable bonds is 5. The average molecular weight is 333 g/mol. The second-order valence-electron chi connectivity index (χ2n) is 7.76. The molecule has 0 aromatic heterocycles. The number of hydrogen-bond acceptors (Lipinski definition) is 2. The highest BCUT2D eigenvalue weighted by molar-refractivity contribution is 5.93. The zero-order valence-electron chi connectivity index (χ0n) is 16.0. The number of para-hydroxylation sites is 1. The number of ether oxygens (including phenoxy) is 1. The predicted octanol–water partition coefficient (Wildman–Crippen LogP) is 2.56. The first-order chi connectivity index (χ1) is 11.3. The van der Waals surface area contributed by atoms with Crippen molar-refractivity contribution < 1.29 is 14.4 Å². The van der Waals surface area contributed by atoms with E-state index in [4.69, 9.17) is 4.74 Å². The molecule has 0 spiro atoms. The highest BCUT2D eigenvalue weighted by Gasteiger charge is 2.27. The number of hydrogen-bond donors (Lipinski definition) is 2. The van der Waals surface area contributed by atoms with E-state index in [1.165, 1.54) is 16.0 Å². The number of amides is 1. The number of carbonyl (C=O) groups is 1. The molecule has 1 aromatic rings. The molecule has 0 radical (unpaired) electrons. The van der Waals surface area contributed by atoms with Gasteiger partial charge >= 0.3 is 0 Å². The Morgan fingerprint density at radius 2 is 1.62 bits per heavy atom. The molecule has 0 bridgehead atoms. The molecule has 4 nitrogen and oxygen atoms in total. The van der Waals surface area contributed by atoms with Crippen molar-refractivity contribution in [2.75, 3.05) is 25.0 Å². The minimum absolute atomic E-state index is 0.0984. The van der Waals surface area contributed by atoms with Gasteiger partial charge in [-0.15, -0.1) is 0 Å². The lowest BCUT2D eigenvalue weighted by Crippen LogP contribution is -3.16.